The van der Waals surface area contributed by atoms with Crippen molar-refractivity contribution in [1.29, 1.82) is 0 Å². The van der Waals surface area contributed by atoms with E-state index in [1.165, 1.54) is 54.9 Å². The van der Waals surface area contributed by atoms with Gasteiger partial charge in [0, 0.05) is 45.5 Å². The number of allylic oxidation sites excluding steroid dienone is 12. The molecule has 0 heterocycles. The Balaban J connectivity index is 1.33. The molecule has 7 aromatic carbocycles. The van der Waals surface area contributed by atoms with Crippen molar-refractivity contribution in [3.8, 4) is 0 Å². The molecule has 63 heavy (non-hydrogen) atoms. The molecule has 7 aromatic rings. The summed E-state index contributed by atoms with van der Waals surface area (Å²) in [5.41, 5.74) is 14.7. The minimum atomic E-state index is -0.0692. The summed E-state index contributed by atoms with van der Waals surface area (Å²) in [5, 5.41) is 5.04. The maximum atomic E-state index is 2.52. The summed E-state index contributed by atoms with van der Waals surface area (Å²) in [6, 6.07) is 55.8. The molecule has 308 valence electrons. The third kappa shape index (κ3) is 7.40. The third-order valence-corrected chi connectivity index (χ3v) is 13.2. The lowest BCUT2D eigenvalue weighted by molar-refractivity contribution is 0.454. The number of hydrogen-bond acceptors (Lipinski definition) is 2. The molecule has 0 amide bonds. The van der Waals surface area contributed by atoms with Gasteiger partial charge in [0.2, 0.25) is 0 Å². The van der Waals surface area contributed by atoms with Crippen molar-refractivity contribution in [2.75, 3.05) is 9.80 Å². The van der Waals surface area contributed by atoms with Crippen molar-refractivity contribution < 1.29 is 0 Å². The summed E-state index contributed by atoms with van der Waals surface area (Å²) < 4.78 is 0. The number of fused-ring (bicyclic) bond motifs is 4. The minimum Gasteiger partial charge on any atom is -0.311 e. The Kier molecular flexibility index (Phi) is 10.7. The second kappa shape index (κ2) is 17.0. The van der Waals surface area contributed by atoms with E-state index in [0.717, 1.165) is 47.0 Å². The first-order chi connectivity index (χ1) is 30.9. The fraction of sp³-hybridized carbons (Fsp3) is 0.148. The van der Waals surface area contributed by atoms with Crippen LogP contribution >= 0.6 is 0 Å². The number of rotatable bonds is 10. The van der Waals surface area contributed by atoms with Gasteiger partial charge in [-0.1, -0.05) is 173 Å². The zero-order valence-corrected chi connectivity index (χ0v) is 36.7. The molecule has 3 aliphatic rings. The average Bonchev–Trinajstić information content (AvgIpc) is 3.32. The van der Waals surface area contributed by atoms with E-state index in [2.05, 4.69) is 256 Å². The molecule has 0 bridgehead atoms. The fourth-order valence-corrected chi connectivity index (χ4v) is 10.1. The minimum absolute atomic E-state index is 0.0692. The Hall–Kier alpha value is -7.16. The van der Waals surface area contributed by atoms with Crippen LogP contribution in [0.4, 0.5) is 28.4 Å². The normalized spacial score (nSPS) is 19.2. The summed E-state index contributed by atoms with van der Waals surface area (Å²) in [6.45, 7) is 9.09. The number of anilines is 5. The van der Waals surface area contributed by atoms with Crippen molar-refractivity contribution >= 4 is 67.2 Å². The Morgan fingerprint density at radius 1 is 0.651 bits per heavy atom. The lowest BCUT2D eigenvalue weighted by Crippen LogP contribution is -2.24. The molecule has 0 aromatic heterocycles. The molecular formula is C61H54N2. The predicted octanol–water partition coefficient (Wildman–Crippen LogP) is 16.9. The van der Waals surface area contributed by atoms with Crippen LogP contribution in [-0.4, -0.2) is 0 Å². The first-order valence-electron chi connectivity index (χ1n) is 22.6. The van der Waals surface area contributed by atoms with E-state index in [1.807, 2.05) is 0 Å². The Morgan fingerprint density at radius 2 is 1.27 bits per heavy atom. The van der Waals surface area contributed by atoms with Gasteiger partial charge in [-0.15, -0.1) is 0 Å². The summed E-state index contributed by atoms with van der Waals surface area (Å²) >= 11 is 0. The zero-order chi connectivity index (χ0) is 42.9. The van der Waals surface area contributed by atoms with Crippen LogP contribution in [0.1, 0.15) is 56.4 Å². The highest BCUT2D eigenvalue weighted by molar-refractivity contribution is 6.19. The van der Waals surface area contributed by atoms with E-state index < -0.39 is 0 Å². The standard InChI is InChI=1S/C61H54N2/c1-5-20-48(21-6-2)62(49-25-10-7-11-26-49)53-31-33-54-58(42-53)60(56-40-45-23-17-16-22-44(45)38-43(56)3)55-34-32-52(63(50-27-12-8-13-28-50)51-29-14-9-15-30-51)41-57(55)59(54)46-35-37-61(4)36-19-18-24-47(61)39-46/h5,7-37,39-43,47H,6,38H2,1-4H3/b20-5-,48-21+. The summed E-state index contributed by atoms with van der Waals surface area (Å²) in [5.74, 6) is 0.552. The molecule has 10 rings (SSSR count). The maximum Gasteiger partial charge on any atom is 0.0468 e. The van der Waals surface area contributed by atoms with Crippen LogP contribution in [0.3, 0.4) is 0 Å². The van der Waals surface area contributed by atoms with E-state index in [9.17, 15) is 0 Å². The second-order valence-corrected chi connectivity index (χ2v) is 17.4. The molecule has 0 fully saturated rings. The summed E-state index contributed by atoms with van der Waals surface area (Å²) in [7, 11) is 0. The van der Waals surface area contributed by atoms with Gasteiger partial charge in [-0.2, -0.15) is 0 Å². The van der Waals surface area contributed by atoms with Crippen LogP contribution in [0, 0.1) is 17.3 Å². The van der Waals surface area contributed by atoms with E-state index in [-0.39, 0.29) is 11.3 Å². The topological polar surface area (TPSA) is 6.48 Å². The van der Waals surface area contributed by atoms with Crippen LogP contribution in [0.25, 0.3) is 38.8 Å². The zero-order valence-electron chi connectivity index (χ0n) is 36.7. The average molecular weight is 815 g/mol. The van der Waals surface area contributed by atoms with Gasteiger partial charge in [0.1, 0.15) is 0 Å². The predicted molar refractivity (Wildman–Crippen MR) is 272 cm³/mol. The first kappa shape index (κ1) is 39.9. The molecule has 0 radical (unpaired) electrons. The van der Waals surface area contributed by atoms with Crippen molar-refractivity contribution in [3.05, 3.63) is 240 Å². The smallest absolute Gasteiger partial charge is 0.0468 e. The molecule has 2 heteroatoms. The molecule has 0 saturated heterocycles. The van der Waals surface area contributed by atoms with Crippen LogP contribution in [0.15, 0.2) is 218 Å². The van der Waals surface area contributed by atoms with Crippen molar-refractivity contribution in [2.45, 2.75) is 40.5 Å². The third-order valence-electron chi connectivity index (χ3n) is 13.2. The molecular weight excluding hydrogens is 761 g/mol. The van der Waals surface area contributed by atoms with E-state index >= 15 is 0 Å². The molecule has 2 nitrogen and oxygen atoms in total. The summed E-state index contributed by atoms with van der Waals surface area (Å²) in [6.07, 6.45) is 27.6. The van der Waals surface area contributed by atoms with Gasteiger partial charge in [-0.05, 0) is 147 Å². The summed E-state index contributed by atoms with van der Waals surface area (Å²) in [4.78, 5) is 4.82. The molecule has 0 spiro atoms. The number of benzene rings is 7. The van der Waals surface area contributed by atoms with Gasteiger partial charge in [0.25, 0.3) is 0 Å². The van der Waals surface area contributed by atoms with Gasteiger partial charge in [-0.25, -0.2) is 0 Å². The van der Waals surface area contributed by atoms with E-state index in [1.54, 1.807) is 0 Å². The highest BCUT2D eigenvalue weighted by Gasteiger charge is 2.32. The van der Waals surface area contributed by atoms with Crippen LogP contribution in [0.2, 0.25) is 0 Å². The Bertz CT molecular complexity index is 3010. The fourth-order valence-electron chi connectivity index (χ4n) is 10.1. The molecule has 0 saturated carbocycles. The van der Waals surface area contributed by atoms with Crippen molar-refractivity contribution in [2.24, 2.45) is 17.3 Å². The quantitative estimate of drug-likeness (QED) is 0.100. The lowest BCUT2D eigenvalue weighted by atomic mass is 9.69. The van der Waals surface area contributed by atoms with Crippen LogP contribution in [-0.2, 0) is 6.42 Å². The SMILES string of the molecule is C/C=C\C(=C/CC)N(c1ccccc1)c1ccc2c(C3=CC4C=CC=CC4(C)C=C3)c3cc(N(c4ccccc4)c4ccccc4)ccc3c(C3=Cc4ccccc4CC3C)c2c1. The van der Waals surface area contributed by atoms with Gasteiger partial charge in [-0.3, -0.25) is 0 Å². The van der Waals surface area contributed by atoms with Crippen molar-refractivity contribution in [1.82, 2.24) is 0 Å². The number of nitrogens with zero attached hydrogens (tertiary/aromatic N) is 2. The first-order valence-corrected chi connectivity index (χ1v) is 22.6. The lowest BCUT2D eigenvalue weighted by Gasteiger charge is -2.35. The second-order valence-electron chi connectivity index (χ2n) is 17.4. The highest BCUT2D eigenvalue weighted by atomic mass is 15.1. The molecule has 3 aliphatic carbocycles. The monoisotopic (exact) mass is 814 g/mol. The molecule has 0 aliphatic heterocycles. The van der Waals surface area contributed by atoms with Gasteiger partial charge in [0.05, 0.1) is 0 Å². The van der Waals surface area contributed by atoms with Gasteiger partial charge in [0.15, 0.2) is 0 Å². The van der Waals surface area contributed by atoms with E-state index in [0.29, 0.717) is 5.92 Å². The van der Waals surface area contributed by atoms with Gasteiger partial charge < -0.3 is 9.80 Å². The van der Waals surface area contributed by atoms with Crippen LogP contribution in [0.5, 0.6) is 0 Å². The van der Waals surface area contributed by atoms with Crippen LogP contribution < -0.4 is 9.80 Å². The number of hydrogen-bond donors (Lipinski definition) is 0. The largest absolute Gasteiger partial charge is 0.311 e. The Labute approximate surface area is 373 Å². The van der Waals surface area contributed by atoms with Crippen molar-refractivity contribution in [3.63, 3.8) is 0 Å². The molecule has 3 atom stereocenters. The molecule has 0 N–H and O–H groups in total. The molecule has 3 unspecified atom stereocenters. The number of para-hydroxylation sites is 3. The maximum absolute atomic E-state index is 2.52. The van der Waals surface area contributed by atoms with E-state index in [4.69, 9.17) is 0 Å². The highest BCUT2D eigenvalue weighted by Crippen LogP contribution is 2.50. The Morgan fingerprint density at radius 3 is 1.97 bits per heavy atom. The van der Waals surface area contributed by atoms with Gasteiger partial charge >= 0.3 is 0 Å².